The zero-order chi connectivity index (χ0) is 18.7. The first-order valence-corrected chi connectivity index (χ1v) is 9.68. The topological polar surface area (TPSA) is 109 Å². The fourth-order valence-corrected chi connectivity index (χ4v) is 4.21. The molecule has 1 saturated heterocycles. The van der Waals surface area contributed by atoms with Gasteiger partial charge < -0.3 is 9.73 Å². The Bertz CT molecular complexity index is 870. The van der Waals surface area contributed by atoms with Crippen LogP contribution in [-0.2, 0) is 21.4 Å². The van der Waals surface area contributed by atoms with Crippen molar-refractivity contribution in [1.82, 2.24) is 19.4 Å². The van der Waals surface area contributed by atoms with Crippen molar-refractivity contribution in [1.29, 1.82) is 0 Å². The lowest BCUT2D eigenvalue weighted by Gasteiger charge is -2.33. The van der Waals surface area contributed by atoms with E-state index in [1.54, 1.807) is 19.1 Å². The molecule has 1 aliphatic rings. The molecule has 0 unspecified atom stereocenters. The predicted octanol–water partition coefficient (Wildman–Crippen LogP) is 0.843. The van der Waals surface area contributed by atoms with Crippen LogP contribution >= 0.6 is 0 Å². The summed E-state index contributed by atoms with van der Waals surface area (Å²) >= 11 is 0. The molecule has 2 aromatic rings. The number of amides is 1. The van der Waals surface area contributed by atoms with Crippen molar-refractivity contribution in [2.45, 2.75) is 25.3 Å². The first-order valence-electron chi connectivity index (χ1n) is 8.24. The average Bonchev–Trinajstić information content (AvgIpc) is 3.00. The molecule has 2 heterocycles. The molecule has 0 saturated carbocycles. The number of anilines is 1. The van der Waals surface area contributed by atoms with Crippen molar-refractivity contribution in [2.75, 3.05) is 31.5 Å². The van der Waals surface area contributed by atoms with Crippen LogP contribution in [0, 0.1) is 6.92 Å². The van der Waals surface area contributed by atoms with Crippen molar-refractivity contribution < 1.29 is 17.6 Å². The van der Waals surface area contributed by atoms with Gasteiger partial charge in [0.2, 0.25) is 27.7 Å². The van der Waals surface area contributed by atoms with E-state index in [4.69, 9.17) is 4.42 Å². The number of aryl methyl sites for hydroxylation is 1. The second-order valence-corrected chi connectivity index (χ2v) is 8.04. The minimum Gasteiger partial charge on any atom is -0.424 e. The van der Waals surface area contributed by atoms with Gasteiger partial charge in [-0.2, -0.15) is 4.31 Å². The van der Waals surface area contributed by atoms with Gasteiger partial charge >= 0.3 is 0 Å². The van der Waals surface area contributed by atoms with Crippen molar-refractivity contribution in [3.8, 4) is 0 Å². The third kappa shape index (κ3) is 4.26. The monoisotopic (exact) mass is 379 g/mol. The SMILES string of the molecule is CC(=O)Nc1ccc(S(=O)(=O)N2CCN(Cc3nnc(C)o3)CC2)cc1. The molecule has 3 rings (SSSR count). The summed E-state index contributed by atoms with van der Waals surface area (Å²) in [5, 5.41) is 10.4. The van der Waals surface area contributed by atoms with E-state index < -0.39 is 10.0 Å². The van der Waals surface area contributed by atoms with Gasteiger partial charge in [0.15, 0.2) is 0 Å². The Labute approximate surface area is 152 Å². The number of nitrogens with zero attached hydrogens (tertiary/aromatic N) is 4. The van der Waals surface area contributed by atoms with Gasteiger partial charge in [-0.1, -0.05) is 0 Å². The van der Waals surface area contributed by atoms with E-state index in [9.17, 15) is 13.2 Å². The van der Waals surface area contributed by atoms with E-state index in [1.807, 2.05) is 0 Å². The van der Waals surface area contributed by atoms with Crippen LogP contribution in [0.3, 0.4) is 0 Å². The van der Waals surface area contributed by atoms with E-state index in [0.717, 1.165) is 0 Å². The molecule has 1 amide bonds. The lowest BCUT2D eigenvalue weighted by atomic mass is 10.3. The average molecular weight is 379 g/mol. The van der Waals surface area contributed by atoms with Gasteiger partial charge in [-0.05, 0) is 24.3 Å². The first-order chi connectivity index (χ1) is 12.3. The Kier molecular flexibility index (Phi) is 5.35. The van der Waals surface area contributed by atoms with Crippen LogP contribution in [-0.4, -0.2) is 59.9 Å². The largest absolute Gasteiger partial charge is 0.424 e. The molecule has 0 radical (unpaired) electrons. The van der Waals surface area contributed by atoms with Crippen LogP contribution < -0.4 is 5.32 Å². The van der Waals surface area contributed by atoms with Crippen LogP contribution in [0.5, 0.6) is 0 Å². The van der Waals surface area contributed by atoms with Crippen molar-refractivity contribution in [3.05, 3.63) is 36.0 Å². The predicted molar refractivity (Wildman–Crippen MR) is 93.8 cm³/mol. The summed E-state index contributed by atoms with van der Waals surface area (Å²) in [6, 6.07) is 6.19. The highest BCUT2D eigenvalue weighted by molar-refractivity contribution is 7.89. The van der Waals surface area contributed by atoms with Gasteiger partial charge in [-0.25, -0.2) is 8.42 Å². The Hall–Kier alpha value is -2.30. The molecule has 1 fully saturated rings. The number of benzene rings is 1. The summed E-state index contributed by atoms with van der Waals surface area (Å²) in [6.07, 6.45) is 0. The lowest BCUT2D eigenvalue weighted by molar-refractivity contribution is -0.114. The Balaban J connectivity index is 1.61. The zero-order valence-electron chi connectivity index (χ0n) is 14.7. The second kappa shape index (κ2) is 7.52. The minimum absolute atomic E-state index is 0.201. The number of nitrogens with one attached hydrogen (secondary N) is 1. The zero-order valence-corrected chi connectivity index (χ0v) is 15.5. The first kappa shape index (κ1) is 18.5. The Morgan fingerprint density at radius 2 is 1.81 bits per heavy atom. The molecule has 9 nitrogen and oxygen atoms in total. The molecular weight excluding hydrogens is 358 g/mol. The fraction of sp³-hybridized carbons (Fsp3) is 0.438. The molecule has 1 aliphatic heterocycles. The third-order valence-corrected chi connectivity index (χ3v) is 5.98. The van der Waals surface area contributed by atoms with Crippen molar-refractivity contribution in [3.63, 3.8) is 0 Å². The maximum Gasteiger partial charge on any atom is 0.243 e. The maximum absolute atomic E-state index is 12.8. The minimum atomic E-state index is -3.56. The van der Waals surface area contributed by atoms with Gasteiger partial charge in [0.1, 0.15) is 0 Å². The molecule has 0 atom stereocenters. The van der Waals surface area contributed by atoms with Gasteiger partial charge in [-0.3, -0.25) is 9.69 Å². The highest BCUT2D eigenvalue weighted by Crippen LogP contribution is 2.20. The highest BCUT2D eigenvalue weighted by atomic mass is 32.2. The molecule has 0 bridgehead atoms. The number of hydrogen-bond donors (Lipinski definition) is 1. The number of aromatic nitrogens is 2. The van der Waals surface area contributed by atoms with Crippen LogP contribution in [0.2, 0.25) is 0 Å². The molecule has 0 aliphatic carbocycles. The summed E-state index contributed by atoms with van der Waals surface area (Å²) in [7, 11) is -3.56. The molecule has 140 valence electrons. The van der Waals surface area contributed by atoms with Crippen LogP contribution in [0.4, 0.5) is 5.69 Å². The van der Waals surface area contributed by atoms with Crippen LogP contribution in [0.15, 0.2) is 33.6 Å². The number of rotatable bonds is 5. The summed E-state index contributed by atoms with van der Waals surface area (Å²) in [6.45, 7) is 5.61. The Morgan fingerprint density at radius 3 is 2.35 bits per heavy atom. The molecule has 10 heteroatoms. The maximum atomic E-state index is 12.8. The summed E-state index contributed by atoms with van der Waals surface area (Å²) in [5.41, 5.74) is 0.566. The molecular formula is C16H21N5O4S. The molecule has 26 heavy (non-hydrogen) atoms. The smallest absolute Gasteiger partial charge is 0.243 e. The standard InChI is InChI=1S/C16H21N5O4S/c1-12(22)17-14-3-5-15(6-4-14)26(23,24)21-9-7-20(8-10-21)11-16-19-18-13(2)25-16/h3-6H,7-11H2,1-2H3,(H,17,22). The normalized spacial score (nSPS) is 16.5. The number of sulfonamides is 1. The lowest BCUT2D eigenvalue weighted by Crippen LogP contribution is -2.48. The quantitative estimate of drug-likeness (QED) is 0.820. The molecule has 1 N–H and O–H groups in total. The van der Waals surface area contributed by atoms with E-state index in [1.165, 1.54) is 23.4 Å². The molecule has 1 aromatic heterocycles. The van der Waals surface area contributed by atoms with Gasteiger partial charge in [-0.15, -0.1) is 10.2 Å². The summed E-state index contributed by atoms with van der Waals surface area (Å²) < 4.78 is 32.4. The number of piperazine rings is 1. The van der Waals surface area contributed by atoms with E-state index in [-0.39, 0.29) is 10.8 Å². The van der Waals surface area contributed by atoms with E-state index in [2.05, 4.69) is 20.4 Å². The highest BCUT2D eigenvalue weighted by Gasteiger charge is 2.29. The summed E-state index contributed by atoms with van der Waals surface area (Å²) in [5.74, 6) is 0.851. The van der Waals surface area contributed by atoms with Crippen molar-refractivity contribution in [2.24, 2.45) is 0 Å². The van der Waals surface area contributed by atoms with Crippen LogP contribution in [0.1, 0.15) is 18.7 Å². The Morgan fingerprint density at radius 1 is 1.15 bits per heavy atom. The van der Waals surface area contributed by atoms with Crippen LogP contribution in [0.25, 0.3) is 0 Å². The van der Waals surface area contributed by atoms with Gasteiger partial charge in [0.25, 0.3) is 0 Å². The fourth-order valence-electron chi connectivity index (χ4n) is 2.78. The van der Waals surface area contributed by atoms with Gasteiger partial charge in [0, 0.05) is 45.7 Å². The third-order valence-electron chi connectivity index (χ3n) is 4.07. The van der Waals surface area contributed by atoms with E-state index >= 15 is 0 Å². The molecule has 0 spiro atoms. The number of carbonyl (C=O) groups excluding carboxylic acids is 1. The molecule has 1 aromatic carbocycles. The number of carbonyl (C=O) groups is 1. The number of hydrogen-bond acceptors (Lipinski definition) is 7. The van der Waals surface area contributed by atoms with E-state index in [0.29, 0.717) is 50.2 Å². The second-order valence-electron chi connectivity index (χ2n) is 6.10. The summed E-state index contributed by atoms with van der Waals surface area (Å²) in [4.78, 5) is 13.3. The van der Waals surface area contributed by atoms with Crippen molar-refractivity contribution >= 4 is 21.6 Å². The van der Waals surface area contributed by atoms with Gasteiger partial charge in [0.05, 0.1) is 11.4 Å².